The summed E-state index contributed by atoms with van der Waals surface area (Å²) in [6.07, 6.45) is 0. The largest absolute Gasteiger partial charge is 0.339 e. The van der Waals surface area contributed by atoms with Gasteiger partial charge in [0.05, 0.1) is 7.05 Å². The number of rotatable bonds is 8. The molecule has 2 N–H and O–H groups in total. The zero-order chi connectivity index (χ0) is 22.3. The van der Waals surface area contributed by atoms with E-state index in [2.05, 4.69) is 50.4 Å². The first kappa shape index (κ1) is 23.6. The summed E-state index contributed by atoms with van der Waals surface area (Å²) in [6, 6.07) is 15.7. The molecule has 0 fully saturated rings. The Balaban J connectivity index is 1.88. The maximum absolute atomic E-state index is 12.4. The highest BCUT2D eigenvalue weighted by Gasteiger charge is 2.15. The second-order valence-corrected chi connectivity index (χ2v) is 8.86. The Labute approximate surface area is 181 Å². The maximum atomic E-state index is 12.4. The summed E-state index contributed by atoms with van der Waals surface area (Å²) < 4.78 is 0. The van der Waals surface area contributed by atoms with Crippen LogP contribution in [0.3, 0.4) is 0 Å². The summed E-state index contributed by atoms with van der Waals surface area (Å²) in [5.74, 6) is -0.0267. The zero-order valence-corrected chi connectivity index (χ0v) is 19.2. The Bertz CT molecular complexity index is 832. The van der Waals surface area contributed by atoms with Gasteiger partial charge in [-0.15, -0.1) is 0 Å². The van der Waals surface area contributed by atoms with E-state index in [9.17, 15) is 9.59 Å². The summed E-state index contributed by atoms with van der Waals surface area (Å²) in [4.78, 5) is 27.7. The van der Waals surface area contributed by atoms with E-state index in [0.717, 1.165) is 11.4 Å². The molecule has 0 radical (unpaired) electrons. The highest BCUT2D eigenvalue weighted by atomic mass is 16.2. The molecule has 0 aromatic heterocycles. The summed E-state index contributed by atoms with van der Waals surface area (Å²) >= 11 is 0. The van der Waals surface area contributed by atoms with Gasteiger partial charge in [-0.1, -0.05) is 45.0 Å². The van der Waals surface area contributed by atoms with Gasteiger partial charge >= 0.3 is 0 Å². The Kier molecular flexibility index (Phi) is 8.18. The smallest absolute Gasteiger partial charge is 0.279 e. The topological polar surface area (TPSA) is 53.9 Å². The van der Waals surface area contributed by atoms with Gasteiger partial charge in [0.2, 0.25) is 0 Å². The average Bonchev–Trinajstić information content (AvgIpc) is 2.69. The molecular formula is C25H36N3O2+. The maximum Gasteiger partial charge on any atom is 0.279 e. The number of amides is 2. The molecule has 5 heteroatoms. The minimum absolute atomic E-state index is 0.0135. The normalized spacial score (nSPS) is 12.3. The van der Waals surface area contributed by atoms with Crippen LogP contribution in [0.5, 0.6) is 0 Å². The third-order valence-electron chi connectivity index (χ3n) is 5.25. The van der Waals surface area contributed by atoms with E-state index in [1.165, 1.54) is 11.1 Å². The van der Waals surface area contributed by atoms with Crippen LogP contribution in [0.4, 0.5) is 5.69 Å². The van der Waals surface area contributed by atoms with E-state index in [1.807, 2.05) is 20.9 Å². The molecule has 2 aromatic carbocycles. The lowest BCUT2D eigenvalue weighted by atomic mass is 9.87. The highest BCUT2D eigenvalue weighted by Crippen LogP contribution is 2.21. The van der Waals surface area contributed by atoms with Crippen molar-refractivity contribution >= 4 is 17.5 Å². The molecule has 5 nitrogen and oxygen atoms in total. The number of carbonyl (C=O) groups is 2. The van der Waals surface area contributed by atoms with Crippen LogP contribution < -0.4 is 10.2 Å². The first-order valence-electron chi connectivity index (χ1n) is 10.7. The quantitative estimate of drug-likeness (QED) is 0.703. The lowest BCUT2D eigenvalue weighted by molar-refractivity contribution is -0.885. The molecule has 1 atom stereocenters. The third-order valence-corrected chi connectivity index (χ3v) is 5.25. The van der Waals surface area contributed by atoms with Crippen molar-refractivity contribution in [2.24, 2.45) is 0 Å². The summed E-state index contributed by atoms with van der Waals surface area (Å²) in [5.41, 5.74) is 4.01. The number of quaternary nitrogens is 1. The zero-order valence-electron chi connectivity index (χ0n) is 19.2. The molecule has 30 heavy (non-hydrogen) atoms. The minimum atomic E-state index is -0.0402. The lowest BCUT2D eigenvalue weighted by Gasteiger charge is -2.20. The van der Waals surface area contributed by atoms with Crippen LogP contribution in [0.2, 0.25) is 0 Å². The van der Waals surface area contributed by atoms with Gasteiger partial charge in [-0.2, -0.15) is 0 Å². The SMILES string of the molecule is CCN(CC)C(=O)c1ccc(NC(=O)C[NH+](C)Cc2ccc(C(C)(C)C)cc2)cc1. The van der Waals surface area contributed by atoms with Crippen LogP contribution in [0, 0.1) is 0 Å². The molecule has 162 valence electrons. The first-order valence-corrected chi connectivity index (χ1v) is 10.7. The van der Waals surface area contributed by atoms with Gasteiger partial charge in [0, 0.05) is 29.9 Å². The van der Waals surface area contributed by atoms with Crippen LogP contribution in [-0.4, -0.2) is 43.4 Å². The Hall–Kier alpha value is -2.66. The monoisotopic (exact) mass is 410 g/mol. The fourth-order valence-corrected chi connectivity index (χ4v) is 3.40. The second-order valence-electron chi connectivity index (χ2n) is 8.86. The van der Waals surface area contributed by atoms with Crippen molar-refractivity contribution in [2.75, 3.05) is 32.0 Å². The predicted octanol–water partition coefficient (Wildman–Crippen LogP) is 3.12. The van der Waals surface area contributed by atoms with Gasteiger partial charge in [-0.25, -0.2) is 0 Å². The van der Waals surface area contributed by atoms with E-state index in [4.69, 9.17) is 0 Å². The fourth-order valence-electron chi connectivity index (χ4n) is 3.40. The van der Waals surface area contributed by atoms with Crippen LogP contribution >= 0.6 is 0 Å². The summed E-state index contributed by atoms with van der Waals surface area (Å²) in [6.45, 7) is 13.1. The summed E-state index contributed by atoms with van der Waals surface area (Å²) in [5, 5.41) is 2.93. The molecule has 0 heterocycles. The lowest BCUT2D eigenvalue weighted by Crippen LogP contribution is -3.08. The molecule has 0 aliphatic heterocycles. The number of likely N-dealkylation sites (N-methyl/N-ethyl adjacent to an activating group) is 1. The molecule has 2 rings (SSSR count). The number of carbonyl (C=O) groups excluding carboxylic acids is 2. The van der Waals surface area contributed by atoms with E-state index in [0.29, 0.717) is 30.9 Å². The van der Waals surface area contributed by atoms with Crippen molar-refractivity contribution < 1.29 is 14.5 Å². The van der Waals surface area contributed by atoms with Crippen LogP contribution in [0.25, 0.3) is 0 Å². The second kappa shape index (κ2) is 10.4. The molecule has 1 unspecified atom stereocenters. The molecule has 0 saturated carbocycles. The van der Waals surface area contributed by atoms with Crippen molar-refractivity contribution in [3.63, 3.8) is 0 Å². The van der Waals surface area contributed by atoms with Gasteiger partial charge in [0.15, 0.2) is 6.54 Å². The average molecular weight is 411 g/mol. The van der Waals surface area contributed by atoms with E-state index >= 15 is 0 Å². The molecular weight excluding hydrogens is 374 g/mol. The Morgan fingerprint density at radius 2 is 1.50 bits per heavy atom. The predicted molar refractivity (Wildman–Crippen MR) is 123 cm³/mol. The minimum Gasteiger partial charge on any atom is -0.339 e. The van der Waals surface area contributed by atoms with Gasteiger partial charge < -0.3 is 15.1 Å². The van der Waals surface area contributed by atoms with Crippen molar-refractivity contribution in [1.29, 1.82) is 0 Å². The third kappa shape index (κ3) is 6.70. The number of hydrogen-bond donors (Lipinski definition) is 2. The molecule has 2 aromatic rings. The molecule has 0 saturated heterocycles. The van der Waals surface area contributed by atoms with E-state index < -0.39 is 0 Å². The van der Waals surface area contributed by atoms with Gasteiger partial charge in [0.1, 0.15) is 6.54 Å². The number of nitrogens with one attached hydrogen (secondary N) is 2. The number of nitrogens with zero attached hydrogens (tertiary/aromatic N) is 1. The molecule has 0 aliphatic rings. The number of anilines is 1. The summed E-state index contributed by atoms with van der Waals surface area (Å²) in [7, 11) is 2.02. The standard InChI is InChI=1S/C25H35N3O2/c1-7-28(8-2)24(30)20-11-15-22(16-12-20)26-23(29)18-27(6)17-19-9-13-21(14-10-19)25(3,4)5/h9-16H,7-8,17-18H2,1-6H3,(H,26,29)/p+1. The van der Waals surface area contributed by atoms with Crippen LogP contribution in [0.15, 0.2) is 48.5 Å². The van der Waals surface area contributed by atoms with Crippen molar-refractivity contribution in [3.05, 3.63) is 65.2 Å². The molecule has 2 amide bonds. The molecule has 0 bridgehead atoms. The number of hydrogen-bond acceptors (Lipinski definition) is 2. The number of benzene rings is 2. The van der Waals surface area contributed by atoms with Crippen molar-refractivity contribution in [2.45, 2.75) is 46.6 Å². The van der Waals surface area contributed by atoms with Crippen LogP contribution in [0.1, 0.15) is 56.1 Å². The van der Waals surface area contributed by atoms with Crippen molar-refractivity contribution in [3.8, 4) is 0 Å². The first-order chi connectivity index (χ1) is 14.1. The molecule has 0 aliphatic carbocycles. The van der Waals surface area contributed by atoms with Gasteiger partial charge in [0.25, 0.3) is 11.8 Å². The van der Waals surface area contributed by atoms with Crippen LogP contribution in [-0.2, 0) is 16.8 Å². The van der Waals surface area contributed by atoms with Gasteiger partial charge in [-0.3, -0.25) is 9.59 Å². The Morgan fingerprint density at radius 3 is 2.00 bits per heavy atom. The van der Waals surface area contributed by atoms with E-state index in [-0.39, 0.29) is 17.2 Å². The van der Waals surface area contributed by atoms with Gasteiger partial charge in [-0.05, 0) is 49.1 Å². The fraction of sp³-hybridized carbons (Fsp3) is 0.440. The highest BCUT2D eigenvalue weighted by molar-refractivity contribution is 5.96. The Morgan fingerprint density at radius 1 is 0.933 bits per heavy atom. The molecule has 0 spiro atoms. The van der Waals surface area contributed by atoms with E-state index in [1.54, 1.807) is 29.2 Å². The van der Waals surface area contributed by atoms with Crippen molar-refractivity contribution in [1.82, 2.24) is 4.90 Å².